The highest BCUT2D eigenvalue weighted by Crippen LogP contribution is 2.30. The molecule has 0 radical (unpaired) electrons. The molecular formula is C24H30N2O3. The number of benzene rings is 2. The van der Waals surface area contributed by atoms with Gasteiger partial charge in [-0.2, -0.15) is 0 Å². The standard InChI is InChI=1S/C24H30N2O3/c1-24(2,3)20-7-4-5-8-21(20)29-16-14-25-23(28)19-12-10-18(11-13-19)17-26-15-6-9-22(26)27/h4-5,7-8,10-13H,6,9,14-17H2,1-3H3,(H,25,28). The highest BCUT2D eigenvalue weighted by Gasteiger charge is 2.20. The van der Waals surface area contributed by atoms with Gasteiger partial charge in [0, 0.05) is 25.1 Å². The summed E-state index contributed by atoms with van der Waals surface area (Å²) in [5.41, 5.74) is 2.80. The second-order valence-electron chi connectivity index (χ2n) is 8.47. The maximum Gasteiger partial charge on any atom is 0.251 e. The van der Waals surface area contributed by atoms with Crippen LogP contribution >= 0.6 is 0 Å². The minimum atomic E-state index is -0.124. The number of carbonyl (C=O) groups excluding carboxylic acids is 2. The third-order valence-electron chi connectivity index (χ3n) is 5.10. The Balaban J connectivity index is 1.47. The largest absolute Gasteiger partial charge is 0.491 e. The minimum absolute atomic E-state index is 0.00126. The maximum absolute atomic E-state index is 12.4. The van der Waals surface area contributed by atoms with Crippen LogP contribution in [0.25, 0.3) is 0 Å². The molecule has 1 saturated heterocycles. The average Bonchev–Trinajstić information content (AvgIpc) is 3.10. The van der Waals surface area contributed by atoms with Crippen molar-refractivity contribution in [3.05, 3.63) is 65.2 Å². The van der Waals surface area contributed by atoms with Gasteiger partial charge in [-0.25, -0.2) is 0 Å². The summed E-state index contributed by atoms with van der Waals surface area (Å²) in [5, 5.41) is 2.90. The quantitative estimate of drug-likeness (QED) is 0.724. The second-order valence-corrected chi connectivity index (χ2v) is 8.47. The monoisotopic (exact) mass is 394 g/mol. The van der Waals surface area contributed by atoms with Crippen LogP contribution in [0.5, 0.6) is 5.75 Å². The van der Waals surface area contributed by atoms with E-state index in [0.717, 1.165) is 29.8 Å². The van der Waals surface area contributed by atoms with Crippen LogP contribution < -0.4 is 10.1 Å². The van der Waals surface area contributed by atoms with E-state index < -0.39 is 0 Å². The predicted molar refractivity (Wildman–Crippen MR) is 114 cm³/mol. The Labute approximate surface area is 173 Å². The van der Waals surface area contributed by atoms with Gasteiger partial charge in [0.2, 0.25) is 5.91 Å². The molecule has 0 unspecified atom stereocenters. The minimum Gasteiger partial charge on any atom is -0.491 e. The lowest BCUT2D eigenvalue weighted by atomic mass is 9.86. The van der Waals surface area contributed by atoms with Gasteiger partial charge in [-0.3, -0.25) is 9.59 Å². The summed E-state index contributed by atoms with van der Waals surface area (Å²) in [4.78, 5) is 26.0. The number of nitrogens with zero attached hydrogens (tertiary/aromatic N) is 1. The van der Waals surface area contributed by atoms with Crippen LogP contribution in [0.4, 0.5) is 0 Å². The van der Waals surface area contributed by atoms with Gasteiger partial charge < -0.3 is 15.0 Å². The van der Waals surface area contributed by atoms with E-state index in [-0.39, 0.29) is 17.2 Å². The number of nitrogens with one attached hydrogen (secondary N) is 1. The van der Waals surface area contributed by atoms with Crippen LogP contribution in [0.2, 0.25) is 0 Å². The lowest BCUT2D eigenvalue weighted by Gasteiger charge is -2.22. The van der Waals surface area contributed by atoms with E-state index in [1.54, 1.807) is 12.1 Å². The number of para-hydroxylation sites is 1. The van der Waals surface area contributed by atoms with Crippen molar-refractivity contribution in [2.75, 3.05) is 19.7 Å². The summed E-state index contributed by atoms with van der Waals surface area (Å²) in [5.74, 6) is 0.941. The summed E-state index contributed by atoms with van der Waals surface area (Å²) in [6.07, 6.45) is 1.57. The topological polar surface area (TPSA) is 58.6 Å². The lowest BCUT2D eigenvalue weighted by molar-refractivity contribution is -0.128. The van der Waals surface area contributed by atoms with Gasteiger partial charge in [0.05, 0.1) is 6.54 Å². The second kappa shape index (κ2) is 9.12. The van der Waals surface area contributed by atoms with E-state index in [4.69, 9.17) is 4.74 Å². The number of rotatable bonds is 7. The van der Waals surface area contributed by atoms with Crippen molar-refractivity contribution >= 4 is 11.8 Å². The molecule has 0 aromatic heterocycles. The van der Waals surface area contributed by atoms with Crippen molar-refractivity contribution < 1.29 is 14.3 Å². The average molecular weight is 395 g/mol. The van der Waals surface area contributed by atoms with Gasteiger partial charge in [-0.05, 0) is 41.2 Å². The zero-order chi connectivity index (χ0) is 20.9. The Hall–Kier alpha value is -2.82. The van der Waals surface area contributed by atoms with Crippen LogP contribution in [-0.2, 0) is 16.8 Å². The summed E-state index contributed by atoms with van der Waals surface area (Å²) >= 11 is 0. The van der Waals surface area contributed by atoms with Gasteiger partial charge in [-0.1, -0.05) is 51.1 Å². The van der Waals surface area contributed by atoms with Crippen LogP contribution in [0.1, 0.15) is 55.1 Å². The first-order chi connectivity index (χ1) is 13.8. The van der Waals surface area contributed by atoms with E-state index in [1.165, 1.54) is 0 Å². The third-order valence-corrected chi connectivity index (χ3v) is 5.10. The molecule has 154 valence electrons. The number of hydrogen-bond acceptors (Lipinski definition) is 3. The molecule has 1 aliphatic rings. The number of carbonyl (C=O) groups is 2. The Morgan fingerprint density at radius 1 is 1.10 bits per heavy atom. The Morgan fingerprint density at radius 2 is 1.83 bits per heavy atom. The van der Waals surface area contributed by atoms with Crippen molar-refractivity contribution in [3.63, 3.8) is 0 Å². The third kappa shape index (κ3) is 5.59. The molecule has 0 atom stereocenters. The zero-order valence-corrected chi connectivity index (χ0v) is 17.5. The molecule has 5 heteroatoms. The first kappa shape index (κ1) is 20.9. The molecule has 29 heavy (non-hydrogen) atoms. The molecule has 0 bridgehead atoms. The Kier molecular flexibility index (Phi) is 6.57. The first-order valence-electron chi connectivity index (χ1n) is 10.2. The zero-order valence-electron chi connectivity index (χ0n) is 17.5. The van der Waals surface area contributed by atoms with Gasteiger partial charge in [0.25, 0.3) is 5.91 Å². The van der Waals surface area contributed by atoms with E-state index in [9.17, 15) is 9.59 Å². The number of likely N-dealkylation sites (tertiary alicyclic amines) is 1. The normalized spacial score (nSPS) is 14.2. The van der Waals surface area contributed by atoms with Crippen LogP contribution in [0.15, 0.2) is 48.5 Å². The lowest BCUT2D eigenvalue weighted by Crippen LogP contribution is -2.28. The van der Waals surface area contributed by atoms with Gasteiger partial charge >= 0.3 is 0 Å². The fourth-order valence-corrected chi connectivity index (χ4v) is 3.49. The molecule has 5 nitrogen and oxygen atoms in total. The molecule has 2 aromatic rings. The molecule has 1 N–H and O–H groups in total. The molecule has 2 amide bonds. The SMILES string of the molecule is CC(C)(C)c1ccccc1OCCNC(=O)c1ccc(CN2CCCC2=O)cc1. The Morgan fingerprint density at radius 3 is 2.48 bits per heavy atom. The molecule has 1 heterocycles. The van der Waals surface area contributed by atoms with E-state index in [1.807, 2.05) is 35.2 Å². The molecular weight excluding hydrogens is 364 g/mol. The van der Waals surface area contributed by atoms with E-state index >= 15 is 0 Å². The fourth-order valence-electron chi connectivity index (χ4n) is 3.49. The van der Waals surface area contributed by atoms with Crippen molar-refractivity contribution in [2.24, 2.45) is 0 Å². The summed E-state index contributed by atoms with van der Waals surface area (Å²) in [7, 11) is 0. The number of ether oxygens (including phenoxy) is 1. The summed E-state index contributed by atoms with van der Waals surface area (Å²) in [6.45, 7) is 8.73. The van der Waals surface area contributed by atoms with Crippen LogP contribution in [0.3, 0.4) is 0 Å². The molecule has 1 aliphatic heterocycles. The van der Waals surface area contributed by atoms with Crippen LogP contribution in [-0.4, -0.2) is 36.4 Å². The summed E-state index contributed by atoms with van der Waals surface area (Å²) < 4.78 is 5.90. The van der Waals surface area contributed by atoms with Crippen molar-refractivity contribution in [2.45, 2.75) is 45.6 Å². The summed E-state index contributed by atoms with van der Waals surface area (Å²) in [6, 6.07) is 15.4. The van der Waals surface area contributed by atoms with Crippen LogP contribution in [0, 0.1) is 0 Å². The predicted octanol–water partition coefficient (Wildman–Crippen LogP) is 3.92. The van der Waals surface area contributed by atoms with E-state index in [2.05, 4.69) is 32.2 Å². The highest BCUT2D eigenvalue weighted by atomic mass is 16.5. The molecule has 1 fully saturated rings. The van der Waals surface area contributed by atoms with Crippen molar-refractivity contribution in [1.82, 2.24) is 10.2 Å². The van der Waals surface area contributed by atoms with Crippen molar-refractivity contribution in [1.29, 1.82) is 0 Å². The smallest absolute Gasteiger partial charge is 0.251 e. The number of amides is 2. The van der Waals surface area contributed by atoms with Gasteiger partial charge in [0.15, 0.2) is 0 Å². The fraction of sp³-hybridized carbons (Fsp3) is 0.417. The van der Waals surface area contributed by atoms with Crippen molar-refractivity contribution in [3.8, 4) is 5.75 Å². The molecule has 0 saturated carbocycles. The molecule has 0 spiro atoms. The first-order valence-corrected chi connectivity index (χ1v) is 10.2. The Bertz CT molecular complexity index is 853. The van der Waals surface area contributed by atoms with E-state index in [0.29, 0.717) is 31.7 Å². The number of hydrogen-bond donors (Lipinski definition) is 1. The molecule has 0 aliphatic carbocycles. The highest BCUT2D eigenvalue weighted by molar-refractivity contribution is 5.94. The van der Waals surface area contributed by atoms with Gasteiger partial charge in [0.1, 0.15) is 12.4 Å². The maximum atomic E-state index is 12.4. The van der Waals surface area contributed by atoms with Gasteiger partial charge in [-0.15, -0.1) is 0 Å². The molecule has 2 aromatic carbocycles. The molecule has 3 rings (SSSR count).